The van der Waals surface area contributed by atoms with E-state index in [0.717, 1.165) is 12.1 Å². The Morgan fingerprint density at radius 3 is 2.43 bits per heavy atom. The standard InChI is InChI=1S/C47H59FN4O11/c1-28(2)42-45(59)49-38(26-32-24-33(48)27-34(54)25-32)46(60)52-23-13-17-37(51-52)47(61)63-40(29(3)14-12-20-41(56)62-35-15-8-6-9-16-35)19-11-7-10-18-39(55)31(5)43(57)36(44(58)50-42)22-21-30(4)53/h6-12,14-16,18,20,24-25,27-28,31,36-40,42-43,51,54-55,57H,13,17,19,21-23,26H2,1-5H3,(H,49,59)(H,50,58)/b11-7+,18-10+,20-12+,29-14+/t31-,36+,37?,38-,39-,40-,42-,43+/m0/s1. The molecule has 1 fully saturated rings. The summed E-state index contributed by atoms with van der Waals surface area (Å²) in [5.74, 6) is -7.34. The third-order valence-corrected chi connectivity index (χ3v) is 10.8. The third-order valence-electron chi connectivity index (χ3n) is 10.8. The molecule has 0 spiro atoms. The molecule has 3 amide bonds. The van der Waals surface area contributed by atoms with Crippen LogP contribution in [0.2, 0.25) is 0 Å². The number of carbonyl (C=O) groups excluding carboxylic acids is 6. The van der Waals surface area contributed by atoms with Crippen LogP contribution in [0.4, 0.5) is 4.39 Å². The minimum absolute atomic E-state index is 0.0663. The number of aliphatic hydroxyl groups is 2. The van der Waals surface area contributed by atoms with Gasteiger partial charge in [0.2, 0.25) is 11.8 Å². The summed E-state index contributed by atoms with van der Waals surface area (Å²) in [6.07, 6.45) is 7.26. The zero-order chi connectivity index (χ0) is 46.2. The number of hydrogen-bond donors (Lipinski definition) is 6. The molecule has 8 atom stereocenters. The Labute approximate surface area is 367 Å². The number of allylic oxidation sites excluding steroid dienone is 4. The first-order valence-electron chi connectivity index (χ1n) is 21.1. The molecule has 1 saturated heterocycles. The van der Waals surface area contributed by atoms with Gasteiger partial charge in [-0.05, 0) is 74.4 Å². The second kappa shape index (κ2) is 24.0. The van der Waals surface area contributed by atoms with Crippen LogP contribution in [0.5, 0.6) is 11.5 Å². The van der Waals surface area contributed by atoms with E-state index in [0.29, 0.717) is 17.7 Å². The Bertz CT molecular complexity index is 2030. The molecule has 0 aromatic heterocycles. The largest absolute Gasteiger partial charge is 0.508 e. The van der Waals surface area contributed by atoms with E-state index < -0.39 is 95.4 Å². The van der Waals surface area contributed by atoms with Gasteiger partial charge in [-0.1, -0.05) is 75.4 Å². The lowest BCUT2D eigenvalue weighted by Crippen LogP contribution is -2.62. The van der Waals surface area contributed by atoms with Gasteiger partial charge in [-0.3, -0.25) is 24.2 Å². The van der Waals surface area contributed by atoms with Crippen LogP contribution in [0.15, 0.2) is 96.6 Å². The first kappa shape index (κ1) is 49.7. The predicted octanol–water partition coefficient (Wildman–Crippen LogP) is 4.07. The quantitative estimate of drug-likeness (QED) is 0.0862. The number of halogens is 1. The van der Waals surface area contributed by atoms with Crippen molar-refractivity contribution in [1.82, 2.24) is 21.1 Å². The van der Waals surface area contributed by atoms with Crippen LogP contribution >= 0.6 is 0 Å². The molecule has 4 rings (SSSR count). The topological polar surface area (TPSA) is 221 Å². The van der Waals surface area contributed by atoms with Crippen molar-refractivity contribution in [2.24, 2.45) is 17.8 Å². The van der Waals surface area contributed by atoms with E-state index in [9.17, 15) is 48.5 Å². The molecule has 2 aromatic carbocycles. The summed E-state index contributed by atoms with van der Waals surface area (Å²) >= 11 is 0. The van der Waals surface area contributed by atoms with Crippen molar-refractivity contribution in [3.8, 4) is 11.5 Å². The van der Waals surface area contributed by atoms with E-state index in [-0.39, 0.29) is 50.0 Å². The fourth-order valence-electron chi connectivity index (χ4n) is 7.14. The number of carbonyl (C=O) groups is 6. The molecule has 1 unspecified atom stereocenters. The zero-order valence-electron chi connectivity index (χ0n) is 36.2. The van der Waals surface area contributed by atoms with Gasteiger partial charge in [-0.2, -0.15) is 0 Å². The van der Waals surface area contributed by atoms with Crippen molar-refractivity contribution in [2.75, 3.05) is 6.54 Å². The van der Waals surface area contributed by atoms with Crippen molar-refractivity contribution >= 4 is 35.4 Å². The third kappa shape index (κ3) is 15.4. The number of phenols is 1. The fraction of sp³-hybridized carbons (Fsp3) is 0.447. The van der Waals surface area contributed by atoms with Gasteiger partial charge in [0.25, 0.3) is 5.91 Å². The number of hydrazine groups is 1. The number of hydrogen-bond acceptors (Lipinski definition) is 12. The minimum Gasteiger partial charge on any atom is -0.508 e. The maximum Gasteiger partial charge on any atom is 0.336 e. The number of Topliss-reactive ketones (excluding diaryl/α,β-unsaturated/α-hetero) is 1. The van der Waals surface area contributed by atoms with E-state index in [1.807, 2.05) is 0 Å². The summed E-state index contributed by atoms with van der Waals surface area (Å²) < 4.78 is 25.8. The Kier molecular flexibility index (Phi) is 19.0. The number of aliphatic hydroxyl groups excluding tert-OH is 2. The van der Waals surface area contributed by atoms with Crippen LogP contribution in [0.25, 0.3) is 0 Å². The van der Waals surface area contributed by atoms with Gasteiger partial charge in [0, 0.05) is 43.9 Å². The molecule has 340 valence electrons. The summed E-state index contributed by atoms with van der Waals surface area (Å²) in [5, 5.41) is 39.3. The van der Waals surface area contributed by atoms with Gasteiger partial charge in [-0.25, -0.2) is 14.6 Å². The smallest absolute Gasteiger partial charge is 0.336 e. The van der Waals surface area contributed by atoms with E-state index in [4.69, 9.17) is 9.47 Å². The number of ketones is 1. The van der Waals surface area contributed by atoms with Crippen LogP contribution in [0, 0.1) is 23.6 Å². The number of para-hydroxylation sites is 1. The Morgan fingerprint density at radius 2 is 1.75 bits per heavy atom. The molecule has 0 aliphatic carbocycles. The number of esters is 2. The molecule has 0 saturated carbocycles. The molecule has 63 heavy (non-hydrogen) atoms. The molecule has 2 aliphatic rings. The molecule has 0 radical (unpaired) electrons. The zero-order valence-corrected chi connectivity index (χ0v) is 36.2. The average Bonchev–Trinajstić information content (AvgIpc) is 3.23. The number of amides is 3. The second-order valence-corrected chi connectivity index (χ2v) is 16.3. The monoisotopic (exact) mass is 874 g/mol. The summed E-state index contributed by atoms with van der Waals surface area (Å²) in [6.45, 7) is 8.02. The van der Waals surface area contributed by atoms with Crippen molar-refractivity contribution < 1.29 is 58.0 Å². The summed E-state index contributed by atoms with van der Waals surface area (Å²) in [7, 11) is 0. The van der Waals surface area contributed by atoms with Crippen LogP contribution in [-0.2, 0) is 39.9 Å². The molecule has 6 N–H and O–H groups in total. The molecule has 2 bridgehead atoms. The Morgan fingerprint density at radius 1 is 1.02 bits per heavy atom. The molecular weight excluding hydrogens is 816 g/mol. The van der Waals surface area contributed by atoms with Crippen LogP contribution in [-0.4, -0.2) is 98.8 Å². The van der Waals surface area contributed by atoms with Crippen molar-refractivity contribution in [3.63, 3.8) is 0 Å². The van der Waals surface area contributed by atoms with E-state index >= 15 is 0 Å². The number of phenolic OH excluding ortho intramolecular Hbond substituents is 1. The first-order chi connectivity index (χ1) is 29.9. The molecule has 2 aromatic rings. The lowest BCUT2D eigenvalue weighted by Gasteiger charge is -2.36. The SMILES string of the molecule is CC(=O)CC[C@H]1C(=O)N[C@@H](C(C)C)C(=O)N[C@@H](Cc2cc(O)cc(F)c2)C(=O)N2CCCC(N2)C(=O)O[C@H](/C(C)=C/C=C/C(=O)Oc2ccccc2)C/C=C/C=C/[C@H](O)[C@H](C)[C@H]1O. The van der Waals surface area contributed by atoms with Gasteiger partial charge < -0.3 is 40.2 Å². The molecular formula is C47H59FN4O11. The van der Waals surface area contributed by atoms with E-state index in [1.165, 1.54) is 49.2 Å². The number of aromatic hydroxyl groups is 1. The number of nitrogens with zero attached hydrogens (tertiary/aromatic N) is 1. The van der Waals surface area contributed by atoms with E-state index in [1.54, 1.807) is 69.3 Å². The maximum atomic E-state index is 14.5. The minimum atomic E-state index is -1.47. The highest BCUT2D eigenvalue weighted by atomic mass is 19.1. The number of rotatable bonds is 10. The van der Waals surface area contributed by atoms with Crippen molar-refractivity contribution in [1.29, 1.82) is 0 Å². The highest BCUT2D eigenvalue weighted by Crippen LogP contribution is 2.24. The van der Waals surface area contributed by atoms with Gasteiger partial charge in [0.15, 0.2) is 0 Å². The number of benzene rings is 2. The van der Waals surface area contributed by atoms with Gasteiger partial charge in [0.05, 0.1) is 18.1 Å². The predicted molar refractivity (Wildman–Crippen MR) is 231 cm³/mol. The second-order valence-electron chi connectivity index (χ2n) is 16.3. The number of nitrogens with one attached hydrogen (secondary N) is 3. The Hall–Kier alpha value is -5.97. The maximum absolute atomic E-state index is 14.5. The summed E-state index contributed by atoms with van der Waals surface area (Å²) in [4.78, 5) is 80.7. The van der Waals surface area contributed by atoms with Crippen LogP contribution in [0.3, 0.4) is 0 Å². The molecule has 2 aliphatic heterocycles. The molecule has 15 nitrogen and oxygen atoms in total. The van der Waals surface area contributed by atoms with Gasteiger partial charge >= 0.3 is 11.9 Å². The first-order valence-corrected chi connectivity index (χ1v) is 21.1. The molecule has 16 heteroatoms. The summed E-state index contributed by atoms with van der Waals surface area (Å²) in [5.41, 5.74) is 3.64. The van der Waals surface area contributed by atoms with Crippen molar-refractivity contribution in [3.05, 3.63) is 108 Å². The van der Waals surface area contributed by atoms with Crippen molar-refractivity contribution in [2.45, 2.75) is 110 Å². The van der Waals surface area contributed by atoms with Gasteiger partial charge in [-0.15, -0.1) is 0 Å². The molecule has 2 heterocycles. The fourth-order valence-corrected chi connectivity index (χ4v) is 7.14. The number of cyclic esters (lactones) is 1. The average molecular weight is 875 g/mol. The van der Waals surface area contributed by atoms with Crippen LogP contribution in [0.1, 0.15) is 72.3 Å². The number of ether oxygens (including phenoxy) is 2. The number of fused-ring (bicyclic) bond motifs is 2. The normalized spacial score (nSPS) is 27.1. The Balaban J connectivity index is 1.71. The summed E-state index contributed by atoms with van der Waals surface area (Å²) in [6, 6.07) is 8.07. The highest BCUT2D eigenvalue weighted by molar-refractivity contribution is 5.93. The lowest BCUT2D eigenvalue weighted by atomic mass is 9.84. The highest BCUT2D eigenvalue weighted by Gasteiger charge is 2.38. The van der Waals surface area contributed by atoms with E-state index in [2.05, 4.69) is 16.1 Å². The van der Waals surface area contributed by atoms with Crippen LogP contribution < -0.4 is 20.8 Å². The van der Waals surface area contributed by atoms with Gasteiger partial charge in [0.1, 0.15) is 47.3 Å². The lowest BCUT2D eigenvalue weighted by molar-refractivity contribution is -0.156.